The van der Waals surface area contributed by atoms with Crippen LogP contribution in [-0.2, 0) is 30.1 Å². The summed E-state index contributed by atoms with van der Waals surface area (Å²) in [6, 6.07) is 7.00. The molecule has 1 fully saturated rings. The first-order valence-electron chi connectivity index (χ1n) is 14.0. The van der Waals surface area contributed by atoms with Crippen molar-refractivity contribution in [2.24, 2.45) is 5.41 Å². The van der Waals surface area contributed by atoms with Crippen molar-refractivity contribution in [3.8, 4) is 5.69 Å². The third-order valence-corrected chi connectivity index (χ3v) is 9.83. The summed E-state index contributed by atoms with van der Waals surface area (Å²) in [4.78, 5) is 18.2. The highest BCUT2D eigenvalue weighted by atomic mass is 32.2. The molecular weight excluding hydrogens is 641 g/mol. The van der Waals surface area contributed by atoms with Crippen LogP contribution in [-0.4, -0.2) is 58.1 Å². The number of fused-ring (bicyclic) bond motifs is 2. The molecule has 2 aliphatic rings. The maximum atomic E-state index is 14.3. The van der Waals surface area contributed by atoms with E-state index < -0.39 is 58.5 Å². The Morgan fingerprint density at radius 2 is 1.78 bits per heavy atom. The summed E-state index contributed by atoms with van der Waals surface area (Å²) in [5, 5.41) is 8.13. The van der Waals surface area contributed by atoms with Crippen LogP contribution in [0.3, 0.4) is 0 Å². The molecule has 0 aliphatic heterocycles. The van der Waals surface area contributed by atoms with Gasteiger partial charge in [0.1, 0.15) is 29.0 Å². The van der Waals surface area contributed by atoms with Crippen molar-refractivity contribution in [1.82, 2.24) is 28.9 Å². The standard InChI is InChI=1S/C30H25F7N6O2S/c1-41(46(45)24-15-39-42(16-24)17-29(32,33)34)23-6-2-19-10-26-18(13-40-43(26)22-7-4-21(31)5-8-22)11-28(19,12-23)27(44)25-9-3-20(14-38-25)30(35,36)37/h3-5,7-10,13-16,23H,2,6,11-12,17H2,1H3. The lowest BCUT2D eigenvalue weighted by Crippen LogP contribution is -2.48. The van der Waals surface area contributed by atoms with E-state index in [0.29, 0.717) is 46.2 Å². The van der Waals surface area contributed by atoms with Gasteiger partial charge in [-0.2, -0.15) is 36.5 Å². The molecule has 2 aliphatic carbocycles. The van der Waals surface area contributed by atoms with Crippen molar-refractivity contribution in [3.05, 3.63) is 95.1 Å². The van der Waals surface area contributed by atoms with Gasteiger partial charge in [-0.25, -0.2) is 17.6 Å². The summed E-state index contributed by atoms with van der Waals surface area (Å²) in [6.07, 6.45) is -2.08. The fourth-order valence-corrected chi connectivity index (χ4v) is 7.26. The minimum atomic E-state index is -4.65. The third kappa shape index (κ3) is 6.02. The first kappa shape index (κ1) is 31.8. The first-order valence-corrected chi connectivity index (χ1v) is 15.1. The number of nitrogens with zero attached hydrogens (tertiary/aromatic N) is 6. The molecule has 0 bridgehead atoms. The summed E-state index contributed by atoms with van der Waals surface area (Å²) in [5.74, 6) is -0.946. The number of carbonyl (C=O) groups excluding carboxylic acids is 1. The fraction of sp³-hybridized carbons (Fsp3) is 0.333. The van der Waals surface area contributed by atoms with Crippen LogP contribution in [0, 0.1) is 11.2 Å². The number of carbonyl (C=O) groups is 1. The number of benzene rings is 1. The van der Waals surface area contributed by atoms with Crippen LogP contribution in [0.4, 0.5) is 30.7 Å². The van der Waals surface area contributed by atoms with Crippen molar-refractivity contribution in [2.75, 3.05) is 7.05 Å². The Labute approximate surface area is 260 Å². The molecule has 6 rings (SSSR count). The van der Waals surface area contributed by atoms with E-state index >= 15 is 0 Å². The van der Waals surface area contributed by atoms with Gasteiger partial charge in [0.2, 0.25) is 0 Å². The molecule has 8 nitrogen and oxygen atoms in total. The Hall–Kier alpha value is -4.18. The van der Waals surface area contributed by atoms with E-state index in [-0.39, 0.29) is 23.4 Å². The fourth-order valence-electron chi connectivity index (χ4n) is 6.13. The second kappa shape index (κ2) is 11.6. The summed E-state index contributed by atoms with van der Waals surface area (Å²) < 4.78 is 109. The van der Waals surface area contributed by atoms with Crippen molar-refractivity contribution >= 4 is 22.8 Å². The molecule has 3 atom stereocenters. The topological polar surface area (TPSA) is 85.9 Å². The van der Waals surface area contributed by atoms with Crippen molar-refractivity contribution < 1.29 is 39.7 Å². The van der Waals surface area contributed by atoms with E-state index in [1.807, 2.05) is 6.08 Å². The van der Waals surface area contributed by atoms with Crippen LogP contribution < -0.4 is 0 Å². The van der Waals surface area contributed by atoms with Crippen LogP contribution in [0.1, 0.15) is 46.6 Å². The van der Waals surface area contributed by atoms with Gasteiger partial charge >= 0.3 is 12.4 Å². The molecule has 0 amide bonds. The Balaban J connectivity index is 1.35. The van der Waals surface area contributed by atoms with E-state index in [1.54, 1.807) is 23.0 Å². The van der Waals surface area contributed by atoms with Crippen molar-refractivity contribution in [1.29, 1.82) is 0 Å². The van der Waals surface area contributed by atoms with Crippen molar-refractivity contribution in [3.63, 3.8) is 0 Å². The predicted octanol–water partition coefficient (Wildman–Crippen LogP) is 6.20. The summed E-state index contributed by atoms with van der Waals surface area (Å²) in [7, 11) is -0.405. The number of hydrogen-bond donors (Lipinski definition) is 0. The lowest BCUT2D eigenvalue weighted by Gasteiger charge is -2.45. The highest BCUT2D eigenvalue weighted by molar-refractivity contribution is 7.82. The van der Waals surface area contributed by atoms with E-state index in [9.17, 15) is 39.7 Å². The molecule has 16 heteroatoms. The zero-order valence-corrected chi connectivity index (χ0v) is 24.8. The Morgan fingerprint density at radius 3 is 2.43 bits per heavy atom. The van der Waals surface area contributed by atoms with Crippen LogP contribution in [0.5, 0.6) is 0 Å². The van der Waals surface area contributed by atoms with Gasteiger partial charge in [-0.15, -0.1) is 0 Å². The molecule has 1 saturated carbocycles. The molecule has 3 heterocycles. The lowest BCUT2D eigenvalue weighted by molar-refractivity contribution is -0.142. The molecule has 3 unspecified atom stereocenters. The average Bonchev–Trinajstić information content (AvgIpc) is 3.64. The minimum absolute atomic E-state index is 0.0457. The summed E-state index contributed by atoms with van der Waals surface area (Å²) >= 11 is 0. The van der Waals surface area contributed by atoms with Crippen molar-refractivity contribution in [2.45, 2.75) is 55.5 Å². The van der Waals surface area contributed by atoms with E-state index in [1.165, 1.54) is 23.5 Å². The third-order valence-electron chi connectivity index (χ3n) is 8.39. The number of pyridine rings is 1. The summed E-state index contributed by atoms with van der Waals surface area (Å²) in [5.41, 5.74) is 0.112. The number of halogens is 7. The van der Waals surface area contributed by atoms with E-state index in [4.69, 9.17) is 0 Å². The Bertz CT molecular complexity index is 1830. The first-order chi connectivity index (χ1) is 21.6. The average molecular weight is 667 g/mol. The number of aromatic nitrogens is 5. The zero-order valence-electron chi connectivity index (χ0n) is 24.0. The number of Topliss-reactive ketones (excluding diaryl/α,β-unsaturated/α-hetero) is 1. The number of rotatable bonds is 7. The van der Waals surface area contributed by atoms with Crippen LogP contribution >= 0.6 is 0 Å². The number of alkyl halides is 6. The van der Waals surface area contributed by atoms with Crippen LogP contribution in [0.15, 0.2) is 71.7 Å². The Kier molecular flexibility index (Phi) is 7.99. The molecule has 1 aromatic carbocycles. The SMILES string of the molecule is CN(C1CCC2=Cc3c(cnn3-c3ccc(F)cc3)CC2(C(=O)c2ccc(C(F)(F)F)cn2)C1)S(=O)c1cnn(CC(F)(F)F)c1. The maximum absolute atomic E-state index is 14.3. The predicted molar refractivity (Wildman–Crippen MR) is 151 cm³/mol. The monoisotopic (exact) mass is 666 g/mol. The van der Waals surface area contributed by atoms with Gasteiger partial charge in [-0.1, -0.05) is 5.57 Å². The molecule has 242 valence electrons. The van der Waals surface area contributed by atoms with Gasteiger partial charge in [-0.05, 0) is 73.7 Å². The van der Waals surface area contributed by atoms with Crippen LogP contribution in [0.2, 0.25) is 0 Å². The zero-order chi connectivity index (χ0) is 33.0. The Morgan fingerprint density at radius 1 is 1.04 bits per heavy atom. The van der Waals surface area contributed by atoms with Crippen LogP contribution in [0.25, 0.3) is 11.8 Å². The summed E-state index contributed by atoms with van der Waals surface area (Å²) in [6.45, 7) is -1.35. The molecule has 4 aromatic rings. The molecule has 0 radical (unpaired) electrons. The molecule has 0 N–H and O–H groups in total. The van der Waals surface area contributed by atoms with Gasteiger partial charge in [0.05, 0.1) is 39.6 Å². The minimum Gasteiger partial charge on any atom is -0.291 e. The van der Waals surface area contributed by atoms with E-state index in [2.05, 4.69) is 15.2 Å². The molecular formula is C30H25F7N6O2S. The highest BCUT2D eigenvalue weighted by Gasteiger charge is 2.51. The van der Waals surface area contributed by atoms with E-state index in [0.717, 1.165) is 24.5 Å². The normalized spacial score (nSPS) is 20.6. The molecule has 0 saturated heterocycles. The van der Waals surface area contributed by atoms with Gasteiger partial charge in [-0.3, -0.25) is 14.5 Å². The quantitative estimate of drug-likeness (QED) is 0.173. The smallest absolute Gasteiger partial charge is 0.291 e. The number of ketones is 1. The number of allylic oxidation sites excluding steroid dienone is 1. The van der Waals surface area contributed by atoms with Gasteiger partial charge in [0, 0.05) is 25.5 Å². The highest BCUT2D eigenvalue weighted by Crippen LogP contribution is 2.51. The molecule has 46 heavy (non-hydrogen) atoms. The maximum Gasteiger partial charge on any atom is 0.417 e. The van der Waals surface area contributed by atoms with Gasteiger partial charge in [0.15, 0.2) is 5.78 Å². The number of hydrogen-bond acceptors (Lipinski definition) is 5. The molecule has 3 aromatic heterocycles. The molecule has 0 spiro atoms. The lowest BCUT2D eigenvalue weighted by atomic mass is 9.60. The van der Waals surface area contributed by atoms with Gasteiger partial charge in [0.25, 0.3) is 0 Å². The van der Waals surface area contributed by atoms with Gasteiger partial charge < -0.3 is 0 Å². The second-order valence-electron chi connectivity index (χ2n) is 11.3. The second-order valence-corrected chi connectivity index (χ2v) is 12.9. The largest absolute Gasteiger partial charge is 0.417 e.